The second-order valence-electron chi connectivity index (χ2n) is 6.07. The lowest BCUT2D eigenvalue weighted by molar-refractivity contribution is 0.116. The zero-order valence-corrected chi connectivity index (χ0v) is 12.0. The summed E-state index contributed by atoms with van der Waals surface area (Å²) >= 11 is 0. The fourth-order valence-corrected chi connectivity index (χ4v) is 2.40. The minimum absolute atomic E-state index is 0.0484. The Morgan fingerprint density at radius 1 is 1.26 bits per heavy atom. The van der Waals surface area contributed by atoms with Crippen LogP contribution in [-0.2, 0) is 6.42 Å². The highest BCUT2D eigenvalue weighted by molar-refractivity contribution is 5.80. The van der Waals surface area contributed by atoms with Crippen LogP contribution in [-0.4, -0.2) is 36.8 Å². The summed E-state index contributed by atoms with van der Waals surface area (Å²) in [6, 6.07) is 8.13. The zero-order valence-electron chi connectivity index (χ0n) is 12.0. The SMILES string of the molecule is CN(CCc1coc2ccccc12)CC(C)(C)CO. The fraction of sp³-hybridized carbons (Fsp3) is 0.500. The van der Waals surface area contributed by atoms with Crippen LogP contribution in [0.15, 0.2) is 34.9 Å². The predicted octanol–water partition coefficient (Wildman–Crippen LogP) is 2.93. The molecule has 1 N–H and O–H groups in total. The molecule has 0 saturated heterocycles. The first-order valence-corrected chi connectivity index (χ1v) is 6.76. The standard InChI is InChI=1S/C16H23NO2/c1-16(2,12-18)11-17(3)9-8-13-10-19-15-7-5-4-6-14(13)15/h4-7,10,18H,8-9,11-12H2,1-3H3. The topological polar surface area (TPSA) is 36.6 Å². The lowest BCUT2D eigenvalue weighted by Gasteiger charge is -2.28. The Bertz CT molecular complexity index is 530. The van der Waals surface area contributed by atoms with Crippen molar-refractivity contribution in [3.05, 3.63) is 36.1 Å². The molecule has 0 unspecified atom stereocenters. The van der Waals surface area contributed by atoms with E-state index < -0.39 is 0 Å². The molecule has 2 aromatic rings. The van der Waals surface area contributed by atoms with Gasteiger partial charge in [0.1, 0.15) is 5.58 Å². The molecule has 0 amide bonds. The van der Waals surface area contributed by atoms with Gasteiger partial charge in [0.2, 0.25) is 0 Å². The Balaban J connectivity index is 1.95. The molecule has 3 heteroatoms. The van der Waals surface area contributed by atoms with E-state index in [1.165, 1.54) is 10.9 Å². The van der Waals surface area contributed by atoms with Crippen LogP contribution in [0.5, 0.6) is 0 Å². The quantitative estimate of drug-likeness (QED) is 0.868. The van der Waals surface area contributed by atoms with Crippen molar-refractivity contribution in [2.75, 3.05) is 26.7 Å². The van der Waals surface area contributed by atoms with Crippen molar-refractivity contribution in [2.24, 2.45) is 5.41 Å². The van der Waals surface area contributed by atoms with Crippen LogP contribution in [0.1, 0.15) is 19.4 Å². The normalized spacial score (nSPS) is 12.5. The second-order valence-corrected chi connectivity index (χ2v) is 6.07. The number of likely N-dealkylation sites (N-methyl/N-ethyl adjacent to an activating group) is 1. The molecule has 0 aliphatic rings. The summed E-state index contributed by atoms with van der Waals surface area (Å²) in [5.74, 6) is 0. The van der Waals surface area contributed by atoms with Crippen LogP contribution >= 0.6 is 0 Å². The maximum Gasteiger partial charge on any atom is 0.134 e. The van der Waals surface area contributed by atoms with Crippen LogP contribution in [0.4, 0.5) is 0 Å². The number of hydrogen-bond donors (Lipinski definition) is 1. The Morgan fingerprint density at radius 3 is 2.74 bits per heavy atom. The molecule has 0 aliphatic carbocycles. The van der Waals surface area contributed by atoms with Crippen molar-refractivity contribution in [1.29, 1.82) is 0 Å². The summed E-state index contributed by atoms with van der Waals surface area (Å²) in [5, 5.41) is 10.5. The first-order chi connectivity index (χ1) is 9.02. The van der Waals surface area contributed by atoms with E-state index in [0.717, 1.165) is 25.1 Å². The fourth-order valence-electron chi connectivity index (χ4n) is 2.40. The highest BCUT2D eigenvalue weighted by Gasteiger charge is 2.18. The first-order valence-electron chi connectivity index (χ1n) is 6.76. The molecule has 1 aromatic carbocycles. The minimum Gasteiger partial charge on any atom is -0.464 e. The van der Waals surface area contributed by atoms with E-state index >= 15 is 0 Å². The van der Waals surface area contributed by atoms with Crippen molar-refractivity contribution < 1.29 is 9.52 Å². The lowest BCUT2D eigenvalue weighted by Crippen LogP contribution is -2.35. The largest absolute Gasteiger partial charge is 0.464 e. The molecule has 0 spiro atoms. The van der Waals surface area contributed by atoms with Gasteiger partial charge in [0.15, 0.2) is 0 Å². The van der Waals surface area contributed by atoms with E-state index in [-0.39, 0.29) is 12.0 Å². The van der Waals surface area contributed by atoms with Crippen molar-refractivity contribution in [3.63, 3.8) is 0 Å². The van der Waals surface area contributed by atoms with Crippen LogP contribution in [0, 0.1) is 5.41 Å². The van der Waals surface area contributed by atoms with Crippen molar-refractivity contribution in [3.8, 4) is 0 Å². The Hall–Kier alpha value is -1.32. The number of hydrogen-bond acceptors (Lipinski definition) is 3. The molecule has 104 valence electrons. The number of para-hydroxylation sites is 1. The molecule has 0 aliphatic heterocycles. The third-order valence-corrected chi connectivity index (χ3v) is 3.45. The molecule has 0 bridgehead atoms. The maximum absolute atomic E-state index is 9.29. The molecule has 0 radical (unpaired) electrons. The molecule has 0 atom stereocenters. The van der Waals surface area contributed by atoms with Crippen LogP contribution < -0.4 is 0 Å². The van der Waals surface area contributed by atoms with Crippen molar-refractivity contribution in [2.45, 2.75) is 20.3 Å². The number of aliphatic hydroxyl groups is 1. The third-order valence-electron chi connectivity index (χ3n) is 3.45. The highest BCUT2D eigenvalue weighted by Crippen LogP contribution is 2.21. The summed E-state index contributed by atoms with van der Waals surface area (Å²) in [7, 11) is 2.10. The van der Waals surface area contributed by atoms with Gasteiger partial charge >= 0.3 is 0 Å². The Kier molecular flexibility index (Phi) is 4.27. The summed E-state index contributed by atoms with van der Waals surface area (Å²) in [5.41, 5.74) is 2.16. The summed E-state index contributed by atoms with van der Waals surface area (Å²) in [4.78, 5) is 2.26. The summed E-state index contributed by atoms with van der Waals surface area (Å²) in [6.07, 6.45) is 2.82. The van der Waals surface area contributed by atoms with E-state index in [1.54, 1.807) is 0 Å². The number of rotatable bonds is 6. The Labute approximate surface area is 114 Å². The summed E-state index contributed by atoms with van der Waals surface area (Å²) in [6.45, 7) is 6.23. The number of fused-ring (bicyclic) bond motifs is 1. The van der Waals surface area contributed by atoms with Gasteiger partial charge in [-0.15, -0.1) is 0 Å². The number of aliphatic hydroxyl groups excluding tert-OH is 1. The third kappa shape index (κ3) is 3.58. The van der Waals surface area contributed by atoms with Gasteiger partial charge in [0, 0.05) is 30.5 Å². The number of nitrogens with zero attached hydrogens (tertiary/aromatic N) is 1. The van der Waals surface area contributed by atoms with Crippen LogP contribution in [0.2, 0.25) is 0 Å². The van der Waals surface area contributed by atoms with Crippen LogP contribution in [0.3, 0.4) is 0 Å². The van der Waals surface area contributed by atoms with Gasteiger partial charge in [-0.25, -0.2) is 0 Å². The molecule has 0 saturated carbocycles. The van der Waals surface area contributed by atoms with Gasteiger partial charge in [-0.05, 0) is 25.1 Å². The molecular weight excluding hydrogens is 238 g/mol. The maximum atomic E-state index is 9.29. The average Bonchev–Trinajstić information content (AvgIpc) is 2.79. The van der Waals surface area contributed by atoms with E-state index in [0.29, 0.717) is 0 Å². The van der Waals surface area contributed by atoms with Gasteiger partial charge in [0.05, 0.1) is 6.26 Å². The van der Waals surface area contributed by atoms with Crippen molar-refractivity contribution >= 4 is 11.0 Å². The van der Waals surface area contributed by atoms with Gasteiger partial charge in [-0.1, -0.05) is 32.0 Å². The van der Waals surface area contributed by atoms with Gasteiger partial charge in [-0.2, -0.15) is 0 Å². The van der Waals surface area contributed by atoms with E-state index in [9.17, 15) is 5.11 Å². The zero-order chi connectivity index (χ0) is 13.9. The highest BCUT2D eigenvalue weighted by atomic mass is 16.3. The minimum atomic E-state index is -0.0484. The van der Waals surface area contributed by atoms with E-state index in [1.807, 2.05) is 24.5 Å². The number of benzene rings is 1. The Morgan fingerprint density at radius 2 is 2.00 bits per heavy atom. The van der Waals surface area contributed by atoms with Crippen molar-refractivity contribution in [1.82, 2.24) is 4.90 Å². The van der Waals surface area contributed by atoms with E-state index in [2.05, 4.69) is 31.9 Å². The lowest BCUT2D eigenvalue weighted by atomic mass is 9.94. The molecule has 3 nitrogen and oxygen atoms in total. The molecule has 19 heavy (non-hydrogen) atoms. The van der Waals surface area contributed by atoms with Gasteiger partial charge in [0.25, 0.3) is 0 Å². The van der Waals surface area contributed by atoms with Gasteiger partial charge in [-0.3, -0.25) is 0 Å². The second kappa shape index (κ2) is 5.76. The molecule has 2 rings (SSSR count). The average molecular weight is 261 g/mol. The molecule has 1 heterocycles. The smallest absolute Gasteiger partial charge is 0.134 e. The summed E-state index contributed by atoms with van der Waals surface area (Å²) < 4.78 is 5.54. The number of furan rings is 1. The first kappa shape index (κ1) is 14.1. The van der Waals surface area contributed by atoms with Crippen LogP contribution in [0.25, 0.3) is 11.0 Å². The predicted molar refractivity (Wildman–Crippen MR) is 78.3 cm³/mol. The van der Waals surface area contributed by atoms with E-state index in [4.69, 9.17) is 4.42 Å². The van der Waals surface area contributed by atoms with Gasteiger partial charge < -0.3 is 14.4 Å². The molecule has 0 fully saturated rings. The molecular formula is C16H23NO2. The monoisotopic (exact) mass is 261 g/mol. The molecule has 1 aromatic heterocycles.